The van der Waals surface area contributed by atoms with Crippen molar-refractivity contribution >= 4 is 6.09 Å². The minimum absolute atomic E-state index is 0.222. The molecular formula is C22H28N4O2. The number of piperidine rings is 1. The molecule has 2 aromatic rings. The molecule has 2 heterocycles. The van der Waals surface area contributed by atoms with E-state index in [-0.39, 0.29) is 6.09 Å². The smallest absolute Gasteiger partial charge is 0.410 e. The van der Waals surface area contributed by atoms with Gasteiger partial charge in [0.1, 0.15) is 5.60 Å². The molecule has 0 unspecified atom stereocenters. The van der Waals surface area contributed by atoms with Gasteiger partial charge in [0.15, 0.2) is 0 Å². The van der Waals surface area contributed by atoms with E-state index >= 15 is 0 Å². The summed E-state index contributed by atoms with van der Waals surface area (Å²) in [6.07, 6.45) is 5.57. The number of rotatable bonds is 3. The number of ether oxygens (including phenoxy) is 1. The number of aryl methyl sites for hydroxylation is 1. The predicted octanol–water partition coefficient (Wildman–Crippen LogP) is 4.38. The molecule has 1 amide bonds. The first kappa shape index (κ1) is 19.9. The third kappa shape index (κ3) is 4.92. The van der Waals surface area contributed by atoms with Crippen LogP contribution in [-0.4, -0.2) is 39.5 Å². The molecule has 1 aromatic heterocycles. The van der Waals surface area contributed by atoms with Crippen LogP contribution in [0.1, 0.15) is 44.7 Å². The predicted molar refractivity (Wildman–Crippen MR) is 108 cm³/mol. The van der Waals surface area contributed by atoms with Crippen LogP contribution >= 0.6 is 0 Å². The molecule has 1 aliphatic rings. The fourth-order valence-corrected chi connectivity index (χ4v) is 3.49. The Kier molecular flexibility index (Phi) is 5.73. The number of hydrogen-bond donors (Lipinski definition) is 0. The molecule has 3 rings (SSSR count). The molecule has 0 atom stereocenters. The highest BCUT2D eigenvalue weighted by atomic mass is 16.6. The molecule has 0 N–H and O–H groups in total. The molecule has 28 heavy (non-hydrogen) atoms. The largest absolute Gasteiger partial charge is 0.444 e. The summed E-state index contributed by atoms with van der Waals surface area (Å²) in [5.41, 5.74) is 3.40. The standard InChI is InChI=1S/C22H28N4O2/c1-16-5-6-18(12-23)11-20(16)19-13-24-26(15-19)14-17-7-9-25(10-8-17)21(27)28-22(2,3)4/h5-6,11,13,15,17H,7-10,14H2,1-4H3. The van der Waals surface area contributed by atoms with E-state index in [2.05, 4.69) is 11.2 Å². The maximum absolute atomic E-state index is 12.2. The molecule has 1 aromatic carbocycles. The second kappa shape index (κ2) is 8.05. The van der Waals surface area contributed by atoms with Crippen molar-refractivity contribution in [1.29, 1.82) is 5.26 Å². The van der Waals surface area contributed by atoms with Crippen LogP contribution in [0.3, 0.4) is 0 Å². The second-order valence-electron chi connectivity index (χ2n) is 8.50. The van der Waals surface area contributed by atoms with Crippen molar-refractivity contribution in [2.24, 2.45) is 5.92 Å². The van der Waals surface area contributed by atoms with Gasteiger partial charge in [0.25, 0.3) is 0 Å². The fraction of sp³-hybridized carbons (Fsp3) is 0.500. The quantitative estimate of drug-likeness (QED) is 0.792. The average Bonchev–Trinajstić information content (AvgIpc) is 3.09. The van der Waals surface area contributed by atoms with Crippen molar-refractivity contribution in [3.8, 4) is 17.2 Å². The SMILES string of the molecule is Cc1ccc(C#N)cc1-c1cnn(CC2CCN(C(=O)OC(C)(C)C)CC2)c1. The van der Waals surface area contributed by atoms with Gasteiger partial charge >= 0.3 is 6.09 Å². The van der Waals surface area contributed by atoms with Crippen molar-refractivity contribution in [2.45, 2.75) is 52.7 Å². The molecule has 6 heteroatoms. The molecule has 0 saturated carbocycles. The lowest BCUT2D eigenvalue weighted by Crippen LogP contribution is -2.42. The number of carbonyl (C=O) groups is 1. The summed E-state index contributed by atoms with van der Waals surface area (Å²) in [5, 5.41) is 13.7. The first-order chi connectivity index (χ1) is 13.2. The lowest BCUT2D eigenvalue weighted by molar-refractivity contribution is 0.0177. The Bertz CT molecular complexity index is 881. The number of benzene rings is 1. The van der Waals surface area contributed by atoms with Gasteiger partial charge in [0.2, 0.25) is 0 Å². The van der Waals surface area contributed by atoms with E-state index in [0.717, 1.165) is 49.2 Å². The molecule has 1 fully saturated rings. The molecule has 0 spiro atoms. The van der Waals surface area contributed by atoms with Gasteiger partial charge in [0.05, 0.1) is 17.8 Å². The molecule has 6 nitrogen and oxygen atoms in total. The minimum Gasteiger partial charge on any atom is -0.444 e. The molecule has 1 aliphatic heterocycles. The van der Waals surface area contributed by atoms with Crippen LogP contribution in [0.15, 0.2) is 30.6 Å². The van der Waals surface area contributed by atoms with E-state index in [0.29, 0.717) is 11.5 Å². The summed E-state index contributed by atoms with van der Waals surface area (Å²) < 4.78 is 7.43. The van der Waals surface area contributed by atoms with E-state index < -0.39 is 5.60 Å². The zero-order valence-electron chi connectivity index (χ0n) is 17.1. The molecule has 1 saturated heterocycles. The highest BCUT2D eigenvalue weighted by molar-refractivity contribution is 5.68. The van der Waals surface area contributed by atoms with Crippen LogP contribution in [0.5, 0.6) is 0 Å². The van der Waals surface area contributed by atoms with Crippen molar-refractivity contribution in [2.75, 3.05) is 13.1 Å². The van der Waals surface area contributed by atoms with Gasteiger partial charge in [-0.15, -0.1) is 0 Å². The summed E-state index contributed by atoms with van der Waals surface area (Å²) in [6, 6.07) is 7.91. The monoisotopic (exact) mass is 380 g/mol. The third-order valence-corrected chi connectivity index (χ3v) is 5.02. The van der Waals surface area contributed by atoms with E-state index in [9.17, 15) is 4.79 Å². The van der Waals surface area contributed by atoms with E-state index in [4.69, 9.17) is 10.00 Å². The highest BCUT2D eigenvalue weighted by Gasteiger charge is 2.27. The third-order valence-electron chi connectivity index (χ3n) is 5.02. The molecule has 0 bridgehead atoms. The van der Waals surface area contributed by atoms with Gasteiger partial charge in [-0.1, -0.05) is 6.07 Å². The van der Waals surface area contributed by atoms with Gasteiger partial charge < -0.3 is 9.64 Å². The molecule has 148 valence electrons. The van der Waals surface area contributed by atoms with Gasteiger partial charge in [0, 0.05) is 31.4 Å². The Balaban J connectivity index is 1.59. The summed E-state index contributed by atoms with van der Waals surface area (Å²) in [4.78, 5) is 14.0. The maximum Gasteiger partial charge on any atom is 0.410 e. The Morgan fingerprint density at radius 3 is 2.68 bits per heavy atom. The average molecular weight is 380 g/mol. The summed E-state index contributed by atoms with van der Waals surface area (Å²) in [7, 11) is 0. The minimum atomic E-state index is -0.458. The molecular weight excluding hydrogens is 352 g/mol. The summed E-state index contributed by atoms with van der Waals surface area (Å²) in [5.74, 6) is 0.484. The number of nitrogens with zero attached hydrogens (tertiary/aromatic N) is 4. The molecule has 0 aliphatic carbocycles. The van der Waals surface area contributed by atoms with E-state index in [1.807, 2.05) is 63.0 Å². The Morgan fingerprint density at radius 2 is 2.04 bits per heavy atom. The number of likely N-dealkylation sites (tertiary alicyclic amines) is 1. The first-order valence-corrected chi connectivity index (χ1v) is 9.76. The Morgan fingerprint density at radius 1 is 1.32 bits per heavy atom. The van der Waals surface area contributed by atoms with Crippen molar-refractivity contribution < 1.29 is 9.53 Å². The Labute approximate surface area is 166 Å². The number of amides is 1. The second-order valence-corrected chi connectivity index (χ2v) is 8.50. The van der Waals surface area contributed by atoms with Crippen LogP contribution in [0.25, 0.3) is 11.1 Å². The topological polar surface area (TPSA) is 71.2 Å². The summed E-state index contributed by atoms with van der Waals surface area (Å²) in [6.45, 7) is 9.98. The number of hydrogen-bond acceptors (Lipinski definition) is 4. The van der Waals surface area contributed by atoms with Gasteiger partial charge in [-0.3, -0.25) is 4.68 Å². The van der Waals surface area contributed by atoms with Crippen LogP contribution in [0.2, 0.25) is 0 Å². The van der Waals surface area contributed by atoms with Gasteiger partial charge in [-0.2, -0.15) is 10.4 Å². The van der Waals surface area contributed by atoms with Crippen molar-refractivity contribution in [3.63, 3.8) is 0 Å². The van der Waals surface area contributed by atoms with Crippen LogP contribution < -0.4 is 0 Å². The van der Waals surface area contributed by atoms with Gasteiger partial charge in [-0.25, -0.2) is 4.79 Å². The fourth-order valence-electron chi connectivity index (χ4n) is 3.49. The van der Waals surface area contributed by atoms with E-state index in [1.165, 1.54) is 0 Å². The van der Waals surface area contributed by atoms with Crippen LogP contribution in [-0.2, 0) is 11.3 Å². The van der Waals surface area contributed by atoms with E-state index in [1.54, 1.807) is 4.90 Å². The normalized spacial score (nSPS) is 15.3. The van der Waals surface area contributed by atoms with Crippen molar-refractivity contribution in [1.82, 2.24) is 14.7 Å². The number of carbonyl (C=O) groups excluding carboxylic acids is 1. The lowest BCUT2D eigenvalue weighted by atomic mass is 9.97. The van der Waals surface area contributed by atoms with Crippen LogP contribution in [0, 0.1) is 24.2 Å². The zero-order chi connectivity index (χ0) is 20.3. The van der Waals surface area contributed by atoms with Crippen molar-refractivity contribution in [3.05, 3.63) is 41.7 Å². The lowest BCUT2D eigenvalue weighted by Gasteiger charge is -2.33. The number of aromatic nitrogens is 2. The van der Waals surface area contributed by atoms with Crippen LogP contribution in [0.4, 0.5) is 4.79 Å². The Hall–Kier alpha value is -2.81. The first-order valence-electron chi connectivity index (χ1n) is 9.76. The molecule has 0 radical (unpaired) electrons. The maximum atomic E-state index is 12.2. The zero-order valence-corrected chi connectivity index (χ0v) is 17.1. The number of nitriles is 1. The highest BCUT2D eigenvalue weighted by Crippen LogP contribution is 2.26. The summed E-state index contributed by atoms with van der Waals surface area (Å²) >= 11 is 0. The van der Waals surface area contributed by atoms with Gasteiger partial charge in [-0.05, 0) is 69.7 Å².